The number of unbranched alkanes of at least 4 members (excludes halogenated alkanes) is 1. The lowest BCUT2D eigenvalue weighted by Crippen LogP contribution is -2.49. The molecule has 216 valence electrons. The van der Waals surface area contributed by atoms with Gasteiger partial charge in [0.05, 0.1) is 18.6 Å². The van der Waals surface area contributed by atoms with Crippen molar-refractivity contribution in [2.75, 3.05) is 13.2 Å². The average Bonchev–Trinajstić information content (AvgIpc) is 2.81. The van der Waals surface area contributed by atoms with Gasteiger partial charge in [-0.3, -0.25) is 9.59 Å². The third-order valence-electron chi connectivity index (χ3n) is 6.88. The van der Waals surface area contributed by atoms with Crippen LogP contribution >= 0.6 is 0 Å². The van der Waals surface area contributed by atoms with Gasteiger partial charge in [-0.15, -0.1) is 0 Å². The normalized spacial score (nSPS) is 13.9. The number of carbonyl (C=O) groups excluding carboxylic acids is 3. The number of esters is 3. The summed E-state index contributed by atoms with van der Waals surface area (Å²) in [6.07, 6.45) is 0.196. The molecule has 0 unspecified atom stereocenters. The van der Waals surface area contributed by atoms with Crippen LogP contribution in [0.4, 0.5) is 0 Å². The third kappa shape index (κ3) is 10.2. The molecule has 0 heterocycles. The molecular formula is C30H50O7Si. The number of hydrogen-bond donors (Lipinski definition) is 0. The number of benzene rings is 1. The highest BCUT2D eigenvalue weighted by Gasteiger charge is 2.45. The lowest BCUT2D eigenvalue weighted by Gasteiger charge is -2.43. The van der Waals surface area contributed by atoms with Crippen LogP contribution < -0.4 is 0 Å². The maximum atomic E-state index is 13.3. The Labute approximate surface area is 231 Å². The smallest absolute Gasteiger partial charge is 0.352 e. The molecule has 0 aliphatic carbocycles. The predicted molar refractivity (Wildman–Crippen MR) is 152 cm³/mol. The molecule has 0 aliphatic heterocycles. The Morgan fingerprint density at radius 1 is 0.842 bits per heavy atom. The molecule has 2 atom stereocenters. The van der Waals surface area contributed by atoms with Crippen LogP contribution in [-0.4, -0.2) is 45.5 Å². The van der Waals surface area contributed by atoms with Gasteiger partial charge in [0.1, 0.15) is 6.10 Å². The van der Waals surface area contributed by atoms with Gasteiger partial charge in [0.15, 0.2) is 0 Å². The van der Waals surface area contributed by atoms with Crippen LogP contribution in [0.1, 0.15) is 100 Å². The predicted octanol–water partition coefficient (Wildman–Crippen LogP) is 7.15. The van der Waals surface area contributed by atoms with Crippen LogP contribution in [0.15, 0.2) is 30.3 Å². The van der Waals surface area contributed by atoms with E-state index >= 15 is 0 Å². The number of hydrogen-bond acceptors (Lipinski definition) is 7. The lowest BCUT2D eigenvalue weighted by molar-refractivity contribution is -0.172. The summed E-state index contributed by atoms with van der Waals surface area (Å²) in [5.74, 6) is -1.42. The Balaban J connectivity index is 3.04. The first-order chi connectivity index (χ1) is 17.6. The van der Waals surface area contributed by atoms with E-state index < -0.39 is 37.9 Å². The molecule has 0 bridgehead atoms. The molecule has 0 saturated carbocycles. The summed E-state index contributed by atoms with van der Waals surface area (Å²) in [5, 5.41) is 0. The average molecular weight is 551 g/mol. The van der Waals surface area contributed by atoms with Crippen molar-refractivity contribution in [3.63, 3.8) is 0 Å². The minimum absolute atomic E-state index is 0.238. The lowest BCUT2D eigenvalue weighted by atomic mass is 9.97. The molecule has 0 radical (unpaired) electrons. The summed E-state index contributed by atoms with van der Waals surface area (Å²) < 4.78 is 23.5. The number of ether oxygens (including phenoxy) is 3. The fourth-order valence-electron chi connectivity index (χ4n) is 5.04. The zero-order valence-corrected chi connectivity index (χ0v) is 26.2. The van der Waals surface area contributed by atoms with E-state index in [-0.39, 0.29) is 12.6 Å². The molecule has 0 aliphatic rings. The van der Waals surface area contributed by atoms with E-state index in [4.69, 9.17) is 18.6 Å². The molecule has 0 amide bonds. The van der Waals surface area contributed by atoms with Crippen LogP contribution in [0.25, 0.3) is 0 Å². The summed E-state index contributed by atoms with van der Waals surface area (Å²) in [5.41, 5.74) is 1.15. The fourth-order valence-corrected chi connectivity index (χ4v) is 10.5. The van der Waals surface area contributed by atoms with Crippen molar-refractivity contribution in [3.05, 3.63) is 35.9 Å². The maximum Gasteiger partial charge on any atom is 0.352 e. The number of carbonyl (C=O) groups is 3. The summed E-state index contributed by atoms with van der Waals surface area (Å²) in [4.78, 5) is 37.1. The molecular weight excluding hydrogens is 500 g/mol. The van der Waals surface area contributed by atoms with Crippen molar-refractivity contribution in [1.29, 1.82) is 0 Å². The summed E-state index contributed by atoms with van der Waals surface area (Å²) in [6.45, 7) is 20.6. The van der Waals surface area contributed by atoms with Gasteiger partial charge in [0, 0.05) is 12.5 Å². The highest BCUT2D eigenvalue weighted by molar-refractivity contribution is 6.77. The molecule has 0 aromatic heterocycles. The van der Waals surface area contributed by atoms with Crippen LogP contribution in [-0.2, 0) is 33.0 Å². The zero-order valence-electron chi connectivity index (χ0n) is 25.2. The first-order valence-corrected chi connectivity index (χ1v) is 16.0. The van der Waals surface area contributed by atoms with E-state index in [0.717, 1.165) is 0 Å². The summed E-state index contributed by atoms with van der Waals surface area (Å²) >= 11 is 0. The van der Waals surface area contributed by atoms with Crippen molar-refractivity contribution in [3.8, 4) is 0 Å². The van der Waals surface area contributed by atoms with Gasteiger partial charge < -0.3 is 18.6 Å². The van der Waals surface area contributed by atoms with Crippen LogP contribution in [0.3, 0.4) is 0 Å². The molecule has 1 aromatic carbocycles. The molecule has 1 aromatic rings. The quantitative estimate of drug-likeness (QED) is 0.0991. The summed E-state index contributed by atoms with van der Waals surface area (Å²) in [6, 6.07) is 8.87. The van der Waals surface area contributed by atoms with Gasteiger partial charge in [0.25, 0.3) is 0 Å². The SMILES string of the molecule is CC(=O)O[C@H](C(=O)O[C@@H](CCCCOC(=O)C(C)(C)C)CO[Si](C(C)C)(C(C)C)C(C)C)c1ccccc1. The van der Waals surface area contributed by atoms with E-state index in [2.05, 4.69) is 41.5 Å². The Bertz CT molecular complexity index is 853. The highest BCUT2D eigenvalue weighted by atomic mass is 28.4. The molecule has 38 heavy (non-hydrogen) atoms. The van der Waals surface area contributed by atoms with E-state index in [1.54, 1.807) is 24.3 Å². The van der Waals surface area contributed by atoms with Crippen molar-refractivity contribution < 1.29 is 33.0 Å². The van der Waals surface area contributed by atoms with Crippen molar-refractivity contribution in [2.45, 2.75) is 117 Å². The molecule has 0 N–H and O–H groups in total. The van der Waals surface area contributed by atoms with E-state index in [1.165, 1.54) is 6.92 Å². The molecule has 7 nitrogen and oxygen atoms in total. The van der Waals surface area contributed by atoms with Crippen molar-refractivity contribution in [1.82, 2.24) is 0 Å². The first-order valence-electron chi connectivity index (χ1n) is 13.9. The van der Waals surface area contributed by atoms with Gasteiger partial charge in [-0.1, -0.05) is 71.9 Å². The van der Waals surface area contributed by atoms with Gasteiger partial charge in [-0.2, -0.15) is 0 Å². The van der Waals surface area contributed by atoms with Gasteiger partial charge in [0.2, 0.25) is 14.4 Å². The third-order valence-corrected chi connectivity index (χ3v) is 13.0. The van der Waals surface area contributed by atoms with Gasteiger partial charge in [-0.05, 0) is 56.7 Å². The topological polar surface area (TPSA) is 88.1 Å². The second-order valence-electron chi connectivity index (χ2n) is 12.0. The molecule has 0 fully saturated rings. The largest absolute Gasteiger partial charge is 0.465 e. The Hall–Kier alpha value is -2.19. The zero-order chi connectivity index (χ0) is 29.1. The Morgan fingerprint density at radius 3 is 1.87 bits per heavy atom. The molecule has 0 saturated heterocycles. The van der Waals surface area contributed by atoms with E-state index in [9.17, 15) is 14.4 Å². The number of rotatable bonds is 15. The van der Waals surface area contributed by atoms with E-state index in [0.29, 0.717) is 48.1 Å². The second-order valence-corrected chi connectivity index (χ2v) is 17.4. The molecule has 8 heteroatoms. The van der Waals surface area contributed by atoms with Crippen molar-refractivity contribution >= 4 is 26.2 Å². The van der Waals surface area contributed by atoms with Crippen LogP contribution in [0, 0.1) is 5.41 Å². The highest BCUT2D eigenvalue weighted by Crippen LogP contribution is 2.42. The van der Waals surface area contributed by atoms with Crippen molar-refractivity contribution in [2.24, 2.45) is 5.41 Å². The molecule has 1 rings (SSSR count). The Kier molecular flexibility index (Phi) is 13.7. The van der Waals surface area contributed by atoms with Gasteiger partial charge in [-0.25, -0.2) is 4.79 Å². The standard InChI is InChI=1S/C30H50O7Si/c1-21(2)38(22(3)4,23(5)6)35-20-26(18-14-15-19-34-29(33)30(8,9)10)37-28(32)27(36-24(7)31)25-16-12-11-13-17-25/h11-13,16-17,21-23,26-27H,14-15,18-20H2,1-10H3/t26-,27-/m0/s1. The van der Waals surface area contributed by atoms with E-state index in [1.807, 2.05) is 26.8 Å². The minimum Gasteiger partial charge on any atom is -0.465 e. The second kappa shape index (κ2) is 15.4. The maximum absolute atomic E-state index is 13.3. The monoisotopic (exact) mass is 550 g/mol. The fraction of sp³-hybridized carbons (Fsp3) is 0.700. The van der Waals surface area contributed by atoms with Crippen LogP contribution in [0.2, 0.25) is 16.6 Å². The molecule has 0 spiro atoms. The minimum atomic E-state index is -2.20. The Morgan fingerprint density at radius 2 is 1.39 bits per heavy atom. The summed E-state index contributed by atoms with van der Waals surface area (Å²) in [7, 11) is -2.20. The van der Waals surface area contributed by atoms with Crippen LogP contribution in [0.5, 0.6) is 0 Å². The van der Waals surface area contributed by atoms with Gasteiger partial charge >= 0.3 is 17.9 Å². The first kappa shape index (κ1) is 33.8.